The van der Waals surface area contributed by atoms with Crippen molar-refractivity contribution in [2.45, 2.75) is 71.0 Å². The number of hydrogen-bond donors (Lipinski definition) is 5. The fraction of sp³-hybridized carbons (Fsp3) is 0.441. The summed E-state index contributed by atoms with van der Waals surface area (Å²) < 4.78 is 69.5. The monoisotopic (exact) mass is 746 g/mol. The number of nitrogens with one attached hydrogen (secondary N) is 2. The number of nitrogens with zero attached hydrogens (tertiary/aromatic N) is 2. The van der Waals surface area contributed by atoms with Crippen LogP contribution < -0.4 is 15.5 Å². The minimum absolute atomic E-state index is 0.249. The fourth-order valence-electron chi connectivity index (χ4n) is 5.16. The molecule has 0 aliphatic carbocycles. The summed E-state index contributed by atoms with van der Waals surface area (Å²) in [7, 11) is 0. The molecule has 0 unspecified atom stereocenters. The van der Waals surface area contributed by atoms with E-state index in [9.17, 15) is 41.1 Å². The highest BCUT2D eigenvalue weighted by Crippen LogP contribution is 2.23. The number of aliphatic carboxylic acids is 2. The summed E-state index contributed by atoms with van der Waals surface area (Å²) in [6, 6.07) is 16.7. The molecule has 1 aliphatic heterocycles. The zero-order valence-corrected chi connectivity index (χ0v) is 28.3. The maximum Gasteiger partial charge on any atom is 0.490 e. The number of hydrogen-bond acceptors (Lipinski definition) is 8. The first-order valence-corrected chi connectivity index (χ1v) is 16.0. The Bertz CT molecular complexity index is 1610. The summed E-state index contributed by atoms with van der Waals surface area (Å²) in [6.45, 7) is 6.84. The van der Waals surface area contributed by atoms with Gasteiger partial charge in [-0.25, -0.2) is 15.1 Å². The van der Waals surface area contributed by atoms with E-state index in [1.54, 1.807) is 29.7 Å². The Morgan fingerprint density at radius 1 is 0.923 bits per heavy atom. The molecule has 2 heterocycles. The third-order valence-electron chi connectivity index (χ3n) is 7.71. The van der Waals surface area contributed by atoms with Crippen LogP contribution in [-0.4, -0.2) is 87.1 Å². The van der Waals surface area contributed by atoms with E-state index in [1.807, 2.05) is 37.3 Å². The van der Waals surface area contributed by atoms with E-state index in [2.05, 4.69) is 22.1 Å². The molecule has 0 radical (unpaired) electrons. The Morgan fingerprint density at radius 2 is 1.52 bits per heavy atom. The van der Waals surface area contributed by atoms with Gasteiger partial charge < -0.3 is 25.2 Å². The Labute approximate surface area is 294 Å². The van der Waals surface area contributed by atoms with Crippen LogP contribution >= 0.6 is 0 Å². The molecule has 3 aromatic rings. The maximum absolute atomic E-state index is 13.1. The molecule has 1 aromatic heterocycles. The van der Waals surface area contributed by atoms with Crippen molar-refractivity contribution in [1.82, 2.24) is 20.7 Å². The highest BCUT2D eigenvalue weighted by molar-refractivity contribution is 5.95. The summed E-state index contributed by atoms with van der Waals surface area (Å²) >= 11 is 0. The number of carboxylic acids is 2. The largest absolute Gasteiger partial charge is 0.490 e. The maximum atomic E-state index is 13.1. The molecule has 0 spiro atoms. The number of carbonyl (C=O) groups is 4. The number of unbranched alkanes of at least 4 members (excludes halogenated alkanes) is 3. The lowest BCUT2D eigenvalue weighted by molar-refractivity contribution is -0.193. The van der Waals surface area contributed by atoms with Gasteiger partial charge in [0.25, 0.3) is 5.91 Å². The molecule has 5 N–H and O–H groups in total. The molecule has 1 fully saturated rings. The van der Waals surface area contributed by atoms with Gasteiger partial charge in [0.05, 0.1) is 17.5 Å². The first-order chi connectivity index (χ1) is 24.4. The zero-order valence-electron chi connectivity index (χ0n) is 28.3. The number of aryl methyl sites for hydroxylation is 1. The van der Waals surface area contributed by atoms with Crippen molar-refractivity contribution in [3.63, 3.8) is 0 Å². The van der Waals surface area contributed by atoms with E-state index in [-0.39, 0.29) is 11.9 Å². The number of hydroxylamine groups is 1. The second-order valence-electron chi connectivity index (χ2n) is 11.7. The summed E-state index contributed by atoms with van der Waals surface area (Å²) in [4.78, 5) is 50.0. The minimum atomic E-state index is -5.08. The predicted molar refractivity (Wildman–Crippen MR) is 175 cm³/mol. The van der Waals surface area contributed by atoms with E-state index < -0.39 is 36.1 Å². The van der Waals surface area contributed by atoms with E-state index in [4.69, 9.17) is 24.5 Å². The lowest BCUT2D eigenvalue weighted by atomic mass is 9.90. The van der Waals surface area contributed by atoms with Crippen LogP contribution in [0.4, 0.5) is 26.3 Å². The number of ether oxygens (including phenoxy) is 1. The van der Waals surface area contributed by atoms with Crippen LogP contribution in [0.15, 0.2) is 54.6 Å². The molecular formula is C34H40F6N4O8. The molecule has 0 saturated carbocycles. The molecule has 0 bridgehead atoms. The summed E-state index contributed by atoms with van der Waals surface area (Å²) in [5, 5.41) is 27.6. The van der Waals surface area contributed by atoms with Gasteiger partial charge in [-0.3, -0.25) is 19.8 Å². The fourth-order valence-corrected chi connectivity index (χ4v) is 5.16. The smallest absolute Gasteiger partial charge is 0.489 e. The Kier molecular flexibility index (Phi) is 16.8. The van der Waals surface area contributed by atoms with Gasteiger partial charge >= 0.3 is 24.3 Å². The minimum Gasteiger partial charge on any atom is -0.489 e. The van der Waals surface area contributed by atoms with Gasteiger partial charge in [0.2, 0.25) is 5.91 Å². The normalized spacial score (nSPS) is 16.0. The van der Waals surface area contributed by atoms with Crippen molar-refractivity contribution in [2.75, 3.05) is 19.6 Å². The second-order valence-corrected chi connectivity index (χ2v) is 11.7. The van der Waals surface area contributed by atoms with Gasteiger partial charge in [0.1, 0.15) is 12.4 Å². The number of fused-ring (bicyclic) bond motifs is 1. The molecule has 52 heavy (non-hydrogen) atoms. The van der Waals surface area contributed by atoms with Crippen LogP contribution in [-0.2, 0) is 21.0 Å². The molecule has 2 amide bonds. The van der Waals surface area contributed by atoms with Gasteiger partial charge in [-0.15, -0.1) is 0 Å². The van der Waals surface area contributed by atoms with Gasteiger partial charge in [-0.1, -0.05) is 44.4 Å². The molecule has 12 nitrogen and oxygen atoms in total. The van der Waals surface area contributed by atoms with Crippen molar-refractivity contribution >= 4 is 34.7 Å². The Hall–Kier alpha value is -4.97. The molecule has 286 valence electrons. The Morgan fingerprint density at radius 3 is 2.08 bits per heavy atom. The van der Waals surface area contributed by atoms with E-state index in [0.717, 1.165) is 41.7 Å². The number of benzene rings is 2. The van der Waals surface area contributed by atoms with Gasteiger partial charge in [-0.2, -0.15) is 26.3 Å². The quantitative estimate of drug-likeness (QED) is 0.0688. The number of amides is 2. The SMILES string of the molecule is CCCCCCN1CC[C@H](C(=O)NO)[C@H](NC(=O)c2ccc(OCc3cc(C)nc4ccccc34)cc2)C1.O=C(O)C(F)(F)F.O=C(O)C(F)(F)F. The van der Waals surface area contributed by atoms with E-state index in [1.165, 1.54) is 19.3 Å². The van der Waals surface area contributed by atoms with Crippen LogP contribution in [0.25, 0.3) is 10.9 Å². The van der Waals surface area contributed by atoms with Crippen LogP contribution in [0.2, 0.25) is 0 Å². The van der Waals surface area contributed by atoms with Crippen LogP contribution in [0.3, 0.4) is 0 Å². The number of likely N-dealkylation sites (tertiary alicyclic amines) is 1. The summed E-state index contributed by atoms with van der Waals surface area (Å²) in [5.41, 5.74) is 5.19. The third kappa shape index (κ3) is 14.3. The molecule has 4 rings (SSSR count). The second kappa shape index (κ2) is 20.2. The summed E-state index contributed by atoms with van der Waals surface area (Å²) in [6.07, 6.45) is -4.91. The van der Waals surface area contributed by atoms with E-state index >= 15 is 0 Å². The highest BCUT2D eigenvalue weighted by Gasteiger charge is 2.39. The van der Waals surface area contributed by atoms with Crippen LogP contribution in [0.5, 0.6) is 5.75 Å². The van der Waals surface area contributed by atoms with Crippen molar-refractivity contribution in [1.29, 1.82) is 0 Å². The molecule has 2 atom stereocenters. The van der Waals surface area contributed by atoms with Crippen molar-refractivity contribution in [2.24, 2.45) is 5.92 Å². The average molecular weight is 747 g/mol. The standard InChI is InChI=1S/C30H38N4O4.2C2HF3O2/c1-3-4-5-8-16-34-17-15-26(30(36)33-37)28(19-34)32-29(35)22-11-13-24(14-12-22)38-20-23-18-21(2)31-27-10-7-6-9-25(23)27;2*3-2(4,5)1(6)7/h6-7,9-14,18,26,28,37H,3-5,8,15-17,19-20H2,1-2H3,(H,32,35)(H,33,36);2*(H,6,7)/t26-,28+;;/m0../s1. The lowest BCUT2D eigenvalue weighted by Crippen LogP contribution is -2.56. The van der Waals surface area contributed by atoms with Gasteiger partial charge in [-0.05, 0) is 69.3 Å². The molecule has 1 aliphatic rings. The van der Waals surface area contributed by atoms with Crippen molar-refractivity contribution in [3.05, 3.63) is 71.4 Å². The first kappa shape index (κ1) is 43.2. The number of para-hydroxylation sites is 1. The summed E-state index contributed by atoms with van der Waals surface area (Å²) in [5.74, 6) is -6.03. The number of carboxylic acid groups (broad SMARTS) is 2. The number of carbonyl (C=O) groups excluding carboxylic acids is 2. The van der Waals surface area contributed by atoms with Crippen LogP contribution in [0, 0.1) is 12.8 Å². The number of alkyl halides is 6. The highest BCUT2D eigenvalue weighted by atomic mass is 19.4. The number of piperidine rings is 1. The number of aromatic nitrogens is 1. The predicted octanol–water partition coefficient (Wildman–Crippen LogP) is 5.89. The average Bonchev–Trinajstić information content (AvgIpc) is 3.08. The first-order valence-electron chi connectivity index (χ1n) is 16.0. The van der Waals surface area contributed by atoms with Crippen molar-refractivity contribution < 1.29 is 65.7 Å². The van der Waals surface area contributed by atoms with Crippen molar-refractivity contribution in [3.8, 4) is 5.75 Å². The molecular weight excluding hydrogens is 706 g/mol. The van der Waals surface area contributed by atoms with Crippen LogP contribution in [0.1, 0.15) is 60.6 Å². The Balaban J connectivity index is 0.000000564. The molecule has 2 aromatic carbocycles. The number of rotatable bonds is 11. The van der Waals surface area contributed by atoms with Gasteiger partial charge in [0.15, 0.2) is 0 Å². The lowest BCUT2D eigenvalue weighted by Gasteiger charge is -2.37. The number of halogens is 6. The molecule has 1 saturated heterocycles. The topological polar surface area (TPSA) is 178 Å². The third-order valence-corrected chi connectivity index (χ3v) is 7.71. The number of pyridine rings is 1. The van der Waals surface area contributed by atoms with E-state index in [0.29, 0.717) is 30.9 Å². The van der Waals surface area contributed by atoms with Gasteiger partial charge in [0, 0.05) is 28.8 Å². The zero-order chi connectivity index (χ0) is 39.1. The molecule has 18 heteroatoms.